The molecule has 3 heterocycles. The van der Waals surface area contributed by atoms with Gasteiger partial charge in [-0.3, -0.25) is 0 Å². The Balaban J connectivity index is 0.000000168. The van der Waals surface area contributed by atoms with Crippen molar-refractivity contribution in [1.29, 1.82) is 0 Å². The second-order valence-corrected chi connectivity index (χ2v) is 9.40. The molecule has 0 amide bonds. The molecule has 1 saturated heterocycles. The minimum Gasteiger partial charge on any atom is -0.367 e. The van der Waals surface area contributed by atoms with E-state index in [-0.39, 0.29) is 23.4 Å². The van der Waals surface area contributed by atoms with Gasteiger partial charge in [-0.1, -0.05) is 13.3 Å². The summed E-state index contributed by atoms with van der Waals surface area (Å²) >= 11 is 0. The van der Waals surface area contributed by atoms with Gasteiger partial charge in [0.2, 0.25) is 21.9 Å². The summed E-state index contributed by atoms with van der Waals surface area (Å²) in [6.45, 7) is 2.58. The van der Waals surface area contributed by atoms with Crippen molar-refractivity contribution in [2.75, 3.05) is 25.1 Å². The summed E-state index contributed by atoms with van der Waals surface area (Å²) in [5, 5.41) is 4.03. The van der Waals surface area contributed by atoms with E-state index < -0.39 is 22.1 Å². The number of sulfonamides is 1. The van der Waals surface area contributed by atoms with Crippen molar-refractivity contribution in [2.24, 2.45) is 0 Å². The van der Waals surface area contributed by atoms with E-state index in [2.05, 4.69) is 22.0 Å². The average molecular weight is 402 g/mol. The van der Waals surface area contributed by atoms with Gasteiger partial charge in [-0.2, -0.15) is 8.70 Å². The summed E-state index contributed by atoms with van der Waals surface area (Å²) < 4.78 is 50.7. The van der Waals surface area contributed by atoms with E-state index in [0.717, 1.165) is 25.5 Å². The van der Waals surface area contributed by atoms with E-state index in [0.29, 0.717) is 25.2 Å². The fraction of sp³-hybridized carbons (Fsp3) is 0.688. The van der Waals surface area contributed by atoms with Crippen molar-refractivity contribution >= 4 is 21.5 Å². The predicted octanol–water partition coefficient (Wildman–Crippen LogP) is 1.67. The number of nitrogen functional groups attached to an aromatic ring is 1. The van der Waals surface area contributed by atoms with E-state index >= 15 is 0 Å². The number of hydrogen-bond donors (Lipinski definition) is 1. The zero-order valence-electron chi connectivity index (χ0n) is 15.4. The van der Waals surface area contributed by atoms with Gasteiger partial charge in [0.25, 0.3) is 0 Å². The molecule has 1 aliphatic carbocycles. The van der Waals surface area contributed by atoms with E-state index in [9.17, 15) is 17.2 Å². The van der Waals surface area contributed by atoms with Gasteiger partial charge in [-0.05, 0) is 25.7 Å². The minimum atomic E-state index is -3.17. The Bertz CT molecular complexity index is 928. The van der Waals surface area contributed by atoms with Crippen LogP contribution in [0.2, 0.25) is 0 Å². The molecule has 8 nitrogen and oxygen atoms in total. The largest absolute Gasteiger partial charge is 0.367 e. The minimum absolute atomic E-state index is 0.0405. The maximum Gasteiger partial charge on any atom is 0.242 e. The third-order valence-corrected chi connectivity index (χ3v) is 6.43. The fourth-order valence-corrected chi connectivity index (χ4v) is 4.27. The van der Waals surface area contributed by atoms with E-state index in [1.807, 2.05) is 0 Å². The van der Waals surface area contributed by atoms with Gasteiger partial charge in [0.05, 0.1) is 12.5 Å². The zero-order valence-corrected chi connectivity index (χ0v) is 16.2. The highest BCUT2D eigenvalue weighted by atomic mass is 32.2. The van der Waals surface area contributed by atoms with Crippen LogP contribution in [-0.4, -0.2) is 57.8 Å². The zero-order chi connectivity index (χ0) is 19.8. The lowest BCUT2D eigenvalue weighted by atomic mass is 9.70. The first-order chi connectivity index (χ1) is 12.6. The highest BCUT2D eigenvalue weighted by Gasteiger charge is 2.38. The lowest BCUT2D eigenvalue weighted by Crippen LogP contribution is -2.39. The summed E-state index contributed by atoms with van der Waals surface area (Å²) in [4.78, 5) is 7.74. The molecule has 0 aromatic carbocycles. The Labute approximate surface area is 156 Å². The molecule has 1 atom stereocenters. The van der Waals surface area contributed by atoms with E-state index in [4.69, 9.17) is 5.73 Å². The number of rotatable bonds is 2. The SMILES string of the molecule is CC1(c2nc(F)c3cnc(N)nn23)CCC1.CS(=O)(=O)N1CCCC(F)C1. The van der Waals surface area contributed by atoms with Gasteiger partial charge < -0.3 is 5.73 Å². The number of piperidine rings is 1. The molecule has 2 aromatic rings. The van der Waals surface area contributed by atoms with Crippen LogP contribution < -0.4 is 5.73 Å². The molecule has 11 heteroatoms. The van der Waals surface area contributed by atoms with Gasteiger partial charge in [0, 0.05) is 18.5 Å². The molecular weight excluding hydrogens is 378 g/mol. The summed E-state index contributed by atoms with van der Waals surface area (Å²) in [5.74, 6) is 0.262. The van der Waals surface area contributed by atoms with Crippen molar-refractivity contribution in [3.8, 4) is 0 Å². The molecule has 2 aromatic heterocycles. The van der Waals surface area contributed by atoms with Gasteiger partial charge in [0.1, 0.15) is 17.5 Å². The van der Waals surface area contributed by atoms with E-state index in [1.54, 1.807) is 0 Å². The van der Waals surface area contributed by atoms with Crippen molar-refractivity contribution in [3.63, 3.8) is 0 Å². The Hall–Kier alpha value is -1.88. The predicted molar refractivity (Wildman–Crippen MR) is 96.9 cm³/mol. The molecule has 0 radical (unpaired) electrons. The molecular formula is C16H24F2N6O2S. The Morgan fingerprint density at radius 3 is 2.56 bits per heavy atom. The number of alkyl halides is 1. The topological polar surface area (TPSA) is 106 Å². The van der Waals surface area contributed by atoms with Gasteiger partial charge in [0.15, 0.2) is 0 Å². The maximum absolute atomic E-state index is 13.6. The van der Waals surface area contributed by atoms with Crippen LogP contribution in [0.1, 0.15) is 44.9 Å². The van der Waals surface area contributed by atoms with Crippen molar-refractivity contribution in [1.82, 2.24) is 23.9 Å². The van der Waals surface area contributed by atoms with Crippen LogP contribution in [-0.2, 0) is 15.4 Å². The Kier molecular flexibility index (Phi) is 5.35. The normalized spacial score (nSPS) is 22.7. The van der Waals surface area contributed by atoms with Gasteiger partial charge in [-0.25, -0.2) is 27.3 Å². The van der Waals surface area contributed by atoms with Crippen molar-refractivity contribution in [3.05, 3.63) is 18.0 Å². The summed E-state index contributed by atoms with van der Waals surface area (Å²) in [6.07, 6.45) is 5.80. The van der Waals surface area contributed by atoms with Gasteiger partial charge in [-0.15, -0.1) is 5.10 Å². The Morgan fingerprint density at radius 2 is 2.04 bits per heavy atom. The van der Waals surface area contributed by atoms with Crippen LogP contribution in [0.5, 0.6) is 0 Å². The second-order valence-electron chi connectivity index (χ2n) is 7.41. The number of fused-ring (bicyclic) bond motifs is 1. The number of anilines is 1. The lowest BCUT2D eigenvalue weighted by molar-refractivity contribution is 0.203. The number of aromatic nitrogens is 4. The highest BCUT2D eigenvalue weighted by Crippen LogP contribution is 2.42. The van der Waals surface area contributed by atoms with Crippen LogP contribution in [0.25, 0.3) is 5.52 Å². The molecule has 27 heavy (non-hydrogen) atoms. The van der Waals surface area contributed by atoms with Crippen LogP contribution in [0.15, 0.2) is 6.20 Å². The van der Waals surface area contributed by atoms with Crippen LogP contribution in [0.4, 0.5) is 14.7 Å². The average Bonchev–Trinajstić information content (AvgIpc) is 2.89. The molecule has 150 valence electrons. The number of hydrogen-bond acceptors (Lipinski definition) is 6. The molecule has 2 fully saturated rings. The molecule has 1 aliphatic heterocycles. The highest BCUT2D eigenvalue weighted by molar-refractivity contribution is 7.88. The maximum atomic E-state index is 13.6. The first-order valence-corrected chi connectivity index (χ1v) is 10.7. The first-order valence-electron chi connectivity index (χ1n) is 8.86. The third-order valence-electron chi connectivity index (χ3n) is 5.16. The molecule has 1 saturated carbocycles. The first kappa shape index (κ1) is 19.9. The fourth-order valence-electron chi connectivity index (χ4n) is 3.38. The third kappa shape index (κ3) is 4.18. The standard InChI is InChI=1S/C10H12FN5.C6H12FNO2S/c1-10(3-2-4-10)8-14-7(11)6-5-13-9(12)15-16(6)8;1-11(9,10)8-4-2-3-6(7)5-8/h5H,2-4H2,1H3,(H2,12,15);6H,2-5H2,1H3. The van der Waals surface area contributed by atoms with Crippen LogP contribution in [0, 0.1) is 5.95 Å². The monoisotopic (exact) mass is 402 g/mol. The Morgan fingerprint density at radius 1 is 1.33 bits per heavy atom. The number of imidazole rings is 1. The van der Waals surface area contributed by atoms with Crippen LogP contribution >= 0.6 is 0 Å². The molecule has 2 N–H and O–H groups in total. The molecule has 2 aliphatic rings. The lowest BCUT2D eigenvalue weighted by Gasteiger charge is -2.36. The molecule has 0 spiro atoms. The summed E-state index contributed by atoms with van der Waals surface area (Å²) in [5.41, 5.74) is 5.73. The van der Waals surface area contributed by atoms with Crippen molar-refractivity contribution in [2.45, 2.75) is 50.6 Å². The second kappa shape index (κ2) is 7.27. The summed E-state index contributed by atoms with van der Waals surface area (Å²) in [7, 11) is -3.17. The van der Waals surface area contributed by atoms with E-state index in [1.165, 1.54) is 15.0 Å². The van der Waals surface area contributed by atoms with Gasteiger partial charge >= 0.3 is 0 Å². The smallest absolute Gasteiger partial charge is 0.242 e. The van der Waals surface area contributed by atoms with Crippen molar-refractivity contribution < 1.29 is 17.2 Å². The number of halogens is 2. The number of nitrogens with zero attached hydrogens (tertiary/aromatic N) is 5. The molecule has 4 rings (SSSR count). The number of nitrogens with two attached hydrogens (primary N) is 1. The molecule has 1 unspecified atom stereocenters. The van der Waals surface area contributed by atoms with Crippen LogP contribution in [0.3, 0.4) is 0 Å². The summed E-state index contributed by atoms with van der Waals surface area (Å²) in [6, 6.07) is 0. The quantitative estimate of drug-likeness (QED) is 0.819. The molecule has 0 bridgehead atoms.